The Bertz CT molecular complexity index is 1140. The van der Waals surface area contributed by atoms with Crippen molar-refractivity contribution in [3.63, 3.8) is 0 Å². The Morgan fingerprint density at radius 1 is 1.09 bits per heavy atom. The molecule has 0 N–H and O–H groups in total. The number of piperazine rings is 1. The van der Waals surface area contributed by atoms with Crippen LogP contribution >= 0.6 is 0 Å². The maximum atomic E-state index is 13.4. The van der Waals surface area contributed by atoms with Gasteiger partial charge in [-0.3, -0.25) is 9.78 Å². The Morgan fingerprint density at radius 3 is 2.44 bits per heavy atom. The molecule has 0 radical (unpaired) electrons. The second kappa shape index (κ2) is 8.29. The van der Waals surface area contributed by atoms with E-state index in [-0.39, 0.29) is 11.4 Å². The number of halogens is 3. The van der Waals surface area contributed by atoms with Gasteiger partial charge < -0.3 is 19.1 Å². The fraction of sp³-hybridized carbons (Fsp3) is 0.429. The van der Waals surface area contributed by atoms with Crippen LogP contribution in [0.5, 0.6) is 5.88 Å². The molecule has 1 aromatic carbocycles. The summed E-state index contributed by atoms with van der Waals surface area (Å²) in [7, 11) is 1.52. The van der Waals surface area contributed by atoms with Gasteiger partial charge in [-0.2, -0.15) is 18.2 Å². The monoisotopic (exact) mass is 448 g/mol. The Kier molecular flexibility index (Phi) is 5.66. The molecular formula is C21H23F3N6O2. The summed E-state index contributed by atoms with van der Waals surface area (Å²) in [5.41, 5.74) is 0.821. The fourth-order valence-electron chi connectivity index (χ4n) is 3.86. The van der Waals surface area contributed by atoms with E-state index >= 15 is 0 Å². The molecule has 3 heterocycles. The molecule has 1 aliphatic heterocycles. The van der Waals surface area contributed by atoms with Crippen molar-refractivity contribution in [1.29, 1.82) is 0 Å². The molecule has 1 aliphatic rings. The van der Waals surface area contributed by atoms with Gasteiger partial charge in [0.15, 0.2) is 5.82 Å². The Hall–Kier alpha value is -3.37. The lowest BCUT2D eigenvalue weighted by molar-refractivity contribution is -0.147. The van der Waals surface area contributed by atoms with Crippen LogP contribution < -0.4 is 9.64 Å². The zero-order chi connectivity index (χ0) is 23.0. The van der Waals surface area contributed by atoms with Crippen LogP contribution in [0.1, 0.15) is 36.1 Å². The molecule has 11 heteroatoms. The minimum absolute atomic E-state index is 0.155. The number of benzene rings is 1. The smallest absolute Gasteiger partial charge is 0.449 e. The minimum Gasteiger partial charge on any atom is -0.480 e. The van der Waals surface area contributed by atoms with Gasteiger partial charge in [0.1, 0.15) is 0 Å². The first-order valence-electron chi connectivity index (χ1n) is 10.2. The van der Waals surface area contributed by atoms with E-state index in [4.69, 9.17) is 4.74 Å². The standard InChI is InChI=1S/C21H23F3N6O2/c1-13(2)30-16-5-4-14(10-15(16)26-20(30)21(22,23)24)19(31)29-8-6-28(7-9-29)17-11-25-12-18(27-17)32-3/h4-5,10-13H,6-9H2,1-3H3. The number of hydrogen-bond acceptors (Lipinski definition) is 6. The van der Waals surface area contributed by atoms with Crippen LogP contribution in [0.3, 0.4) is 0 Å². The number of aromatic nitrogens is 4. The second-order valence-corrected chi connectivity index (χ2v) is 7.80. The quantitative estimate of drug-likeness (QED) is 0.609. The largest absolute Gasteiger partial charge is 0.480 e. The molecule has 1 amide bonds. The number of alkyl halides is 3. The SMILES string of the molecule is COc1cncc(N2CCN(C(=O)c3ccc4c(c3)nc(C(F)(F)F)n4C(C)C)CC2)n1. The van der Waals surface area contributed by atoms with Crippen LogP contribution in [-0.2, 0) is 6.18 Å². The van der Waals surface area contributed by atoms with Crippen LogP contribution in [0.15, 0.2) is 30.6 Å². The molecule has 0 spiro atoms. The Balaban J connectivity index is 1.53. The zero-order valence-corrected chi connectivity index (χ0v) is 17.9. The molecule has 4 rings (SSSR count). The molecule has 32 heavy (non-hydrogen) atoms. The highest BCUT2D eigenvalue weighted by Gasteiger charge is 2.38. The van der Waals surface area contributed by atoms with Crippen molar-refractivity contribution >= 4 is 22.8 Å². The van der Waals surface area contributed by atoms with E-state index in [9.17, 15) is 18.0 Å². The normalized spacial score (nSPS) is 15.0. The molecule has 0 bridgehead atoms. The zero-order valence-electron chi connectivity index (χ0n) is 17.9. The Labute approximate surface area is 182 Å². The van der Waals surface area contributed by atoms with Crippen molar-refractivity contribution in [2.45, 2.75) is 26.1 Å². The molecule has 1 fully saturated rings. The third-order valence-corrected chi connectivity index (χ3v) is 5.41. The van der Waals surface area contributed by atoms with Crippen molar-refractivity contribution in [2.24, 2.45) is 0 Å². The predicted octanol–water partition coefficient (Wildman–Crippen LogP) is 3.40. The summed E-state index contributed by atoms with van der Waals surface area (Å²) in [5.74, 6) is -0.124. The van der Waals surface area contributed by atoms with Gasteiger partial charge in [0.2, 0.25) is 11.7 Å². The second-order valence-electron chi connectivity index (χ2n) is 7.80. The molecular weight excluding hydrogens is 425 g/mol. The van der Waals surface area contributed by atoms with Gasteiger partial charge >= 0.3 is 6.18 Å². The predicted molar refractivity (Wildman–Crippen MR) is 112 cm³/mol. The molecule has 0 atom stereocenters. The number of rotatable bonds is 4. The number of carbonyl (C=O) groups is 1. The number of fused-ring (bicyclic) bond motifs is 1. The lowest BCUT2D eigenvalue weighted by atomic mass is 10.1. The summed E-state index contributed by atoms with van der Waals surface area (Å²) in [6.07, 6.45) is -1.42. The van der Waals surface area contributed by atoms with E-state index in [1.54, 1.807) is 31.0 Å². The van der Waals surface area contributed by atoms with Crippen LogP contribution in [0.25, 0.3) is 11.0 Å². The molecule has 3 aromatic rings. The summed E-state index contributed by atoms with van der Waals surface area (Å²) < 4.78 is 46.6. The summed E-state index contributed by atoms with van der Waals surface area (Å²) in [6, 6.07) is 4.11. The number of nitrogens with zero attached hydrogens (tertiary/aromatic N) is 6. The third kappa shape index (κ3) is 4.06. The number of carbonyl (C=O) groups excluding carboxylic acids is 1. The summed E-state index contributed by atoms with van der Waals surface area (Å²) in [5, 5.41) is 0. The number of ether oxygens (including phenoxy) is 1. The molecule has 0 aliphatic carbocycles. The molecule has 170 valence electrons. The number of hydrogen-bond donors (Lipinski definition) is 0. The van der Waals surface area contributed by atoms with Crippen LogP contribution in [-0.4, -0.2) is 63.6 Å². The maximum absolute atomic E-state index is 13.4. The van der Waals surface area contributed by atoms with Gasteiger partial charge in [0.05, 0.1) is 30.5 Å². The first kappa shape index (κ1) is 21.8. The number of imidazole rings is 1. The lowest BCUT2D eigenvalue weighted by Crippen LogP contribution is -2.49. The van der Waals surface area contributed by atoms with Crippen molar-refractivity contribution in [3.05, 3.63) is 42.0 Å². The van der Waals surface area contributed by atoms with Gasteiger partial charge in [-0.15, -0.1) is 0 Å². The van der Waals surface area contributed by atoms with Gasteiger partial charge in [-0.1, -0.05) is 0 Å². The van der Waals surface area contributed by atoms with E-state index < -0.39 is 18.0 Å². The van der Waals surface area contributed by atoms with Crippen LogP contribution in [0, 0.1) is 0 Å². The first-order chi connectivity index (χ1) is 15.2. The average molecular weight is 448 g/mol. The summed E-state index contributed by atoms with van der Waals surface area (Å²) in [4.78, 5) is 28.9. The van der Waals surface area contributed by atoms with E-state index in [2.05, 4.69) is 15.0 Å². The van der Waals surface area contributed by atoms with Crippen molar-refractivity contribution in [2.75, 3.05) is 38.2 Å². The highest BCUT2D eigenvalue weighted by atomic mass is 19.4. The van der Waals surface area contributed by atoms with E-state index in [1.807, 2.05) is 4.90 Å². The minimum atomic E-state index is -4.58. The summed E-state index contributed by atoms with van der Waals surface area (Å²) >= 11 is 0. The average Bonchev–Trinajstić information content (AvgIpc) is 3.18. The molecule has 0 unspecified atom stereocenters. The van der Waals surface area contributed by atoms with Crippen molar-refractivity contribution in [3.8, 4) is 5.88 Å². The van der Waals surface area contributed by atoms with E-state index in [0.717, 1.165) is 4.57 Å². The third-order valence-electron chi connectivity index (χ3n) is 5.41. The van der Waals surface area contributed by atoms with Crippen molar-refractivity contribution < 1.29 is 22.7 Å². The van der Waals surface area contributed by atoms with Gasteiger partial charge in [-0.25, -0.2) is 4.98 Å². The van der Waals surface area contributed by atoms with Crippen LogP contribution in [0.2, 0.25) is 0 Å². The Morgan fingerprint density at radius 2 is 1.81 bits per heavy atom. The van der Waals surface area contributed by atoms with Gasteiger partial charge in [0.25, 0.3) is 5.91 Å². The number of amides is 1. The maximum Gasteiger partial charge on any atom is 0.449 e. The van der Waals surface area contributed by atoms with Gasteiger partial charge in [0, 0.05) is 37.8 Å². The molecule has 2 aromatic heterocycles. The topological polar surface area (TPSA) is 76.4 Å². The molecule has 8 nitrogen and oxygen atoms in total. The first-order valence-corrected chi connectivity index (χ1v) is 10.2. The van der Waals surface area contributed by atoms with E-state index in [1.165, 1.54) is 25.4 Å². The molecule has 0 saturated carbocycles. The van der Waals surface area contributed by atoms with Crippen LogP contribution in [0.4, 0.5) is 19.0 Å². The summed E-state index contributed by atoms with van der Waals surface area (Å²) in [6.45, 7) is 5.34. The number of methoxy groups -OCH3 is 1. The molecule has 1 saturated heterocycles. The van der Waals surface area contributed by atoms with Gasteiger partial charge in [-0.05, 0) is 32.0 Å². The van der Waals surface area contributed by atoms with Crippen molar-refractivity contribution in [1.82, 2.24) is 24.4 Å². The lowest BCUT2D eigenvalue weighted by Gasteiger charge is -2.35. The fourth-order valence-corrected chi connectivity index (χ4v) is 3.86. The highest BCUT2D eigenvalue weighted by Crippen LogP contribution is 2.34. The number of anilines is 1. The highest BCUT2D eigenvalue weighted by molar-refractivity contribution is 5.97. The van der Waals surface area contributed by atoms with E-state index in [0.29, 0.717) is 49.0 Å².